The van der Waals surface area contributed by atoms with Gasteiger partial charge in [-0.25, -0.2) is 8.78 Å². The van der Waals surface area contributed by atoms with E-state index in [-0.39, 0.29) is 12.1 Å². The highest BCUT2D eigenvalue weighted by atomic mass is 19.1. The van der Waals surface area contributed by atoms with E-state index in [0.717, 1.165) is 18.7 Å². The first-order chi connectivity index (χ1) is 9.52. The lowest BCUT2D eigenvalue weighted by atomic mass is 10.1. The maximum absolute atomic E-state index is 13.4. The van der Waals surface area contributed by atoms with E-state index < -0.39 is 17.7 Å². The first-order valence-electron chi connectivity index (χ1n) is 6.57. The topological polar surface area (TPSA) is 44.7 Å². The minimum Gasteiger partial charge on any atom is -0.387 e. The van der Waals surface area contributed by atoms with Crippen LogP contribution in [0.15, 0.2) is 18.2 Å². The van der Waals surface area contributed by atoms with Gasteiger partial charge in [-0.05, 0) is 26.2 Å². The Morgan fingerprint density at radius 3 is 2.50 bits per heavy atom. The fourth-order valence-corrected chi connectivity index (χ4v) is 1.66. The summed E-state index contributed by atoms with van der Waals surface area (Å²) in [5.74, 6) is -1.47. The third-order valence-corrected chi connectivity index (χ3v) is 2.78. The molecule has 4 nitrogen and oxygen atoms in total. The minimum atomic E-state index is -1.21. The second-order valence-electron chi connectivity index (χ2n) is 4.77. The Morgan fingerprint density at radius 2 is 1.90 bits per heavy atom. The molecule has 20 heavy (non-hydrogen) atoms. The van der Waals surface area contributed by atoms with Crippen molar-refractivity contribution < 1.29 is 18.6 Å². The molecule has 0 aliphatic rings. The normalized spacial score (nSPS) is 12.9. The number of rotatable bonds is 9. The van der Waals surface area contributed by atoms with Gasteiger partial charge in [-0.1, -0.05) is 6.07 Å². The van der Waals surface area contributed by atoms with Crippen molar-refractivity contribution in [1.82, 2.24) is 10.2 Å². The molecule has 0 spiro atoms. The van der Waals surface area contributed by atoms with Crippen LogP contribution in [0.2, 0.25) is 0 Å². The second kappa shape index (κ2) is 8.97. The summed E-state index contributed by atoms with van der Waals surface area (Å²) < 4.78 is 32.1. The van der Waals surface area contributed by atoms with E-state index in [1.807, 2.05) is 19.0 Å². The molecular weight excluding hydrogens is 266 g/mol. The van der Waals surface area contributed by atoms with Crippen LogP contribution in [0.3, 0.4) is 0 Å². The Hall–Kier alpha value is -1.08. The van der Waals surface area contributed by atoms with Crippen LogP contribution in [0.5, 0.6) is 0 Å². The van der Waals surface area contributed by atoms with Crippen LogP contribution in [-0.2, 0) is 4.74 Å². The predicted octanol–water partition coefficient (Wildman–Crippen LogP) is 1.17. The number of nitrogens with one attached hydrogen (secondary N) is 1. The molecular formula is C14H22F2N2O2. The van der Waals surface area contributed by atoms with Crippen molar-refractivity contribution in [1.29, 1.82) is 0 Å². The number of hydrogen-bond acceptors (Lipinski definition) is 4. The molecule has 0 bridgehead atoms. The van der Waals surface area contributed by atoms with Crippen molar-refractivity contribution in [2.45, 2.75) is 6.10 Å². The quantitative estimate of drug-likeness (QED) is 0.670. The largest absolute Gasteiger partial charge is 0.387 e. The summed E-state index contributed by atoms with van der Waals surface area (Å²) in [5, 5.41) is 12.7. The number of likely N-dealkylation sites (N-methyl/N-ethyl adjacent to an activating group) is 1. The van der Waals surface area contributed by atoms with E-state index in [9.17, 15) is 13.9 Å². The summed E-state index contributed by atoms with van der Waals surface area (Å²) in [6.07, 6.45) is -1.21. The average molecular weight is 288 g/mol. The van der Waals surface area contributed by atoms with E-state index in [1.54, 1.807) is 0 Å². The van der Waals surface area contributed by atoms with E-state index in [1.165, 1.54) is 6.07 Å². The summed E-state index contributed by atoms with van der Waals surface area (Å²) in [6, 6.07) is 3.53. The lowest BCUT2D eigenvalue weighted by Gasteiger charge is -2.14. The summed E-state index contributed by atoms with van der Waals surface area (Å²) in [4.78, 5) is 2.01. The van der Waals surface area contributed by atoms with E-state index in [4.69, 9.17) is 4.74 Å². The molecule has 1 aromatic rings. The van der Waals surface area contributed by atoms with E-state index in [2.05, 4.69) is 5.32 Å². The Bertz CT molecular complexity index is 383. The van der Waals surface area contributed by atoms with Crippen LogP contribution < -0.4 is 5.32 Å². The maximum atomic E-state index is 13.4. The highest BCUT2D eigenvalue weighted by Gasteiger charge is 2.16. The van der Waals surface area contributed by atoms with Crippen molar-refractivity contribution in [2.75, 3.05) is 46.9 Å². The molecule has 1 rings (SSSR count). The van der Waals surface area contributed by atoms with Gasteiger partial charge in [-0.3, -0.25) is 0 Å². The predicted molar refractivity (Wildman–Crippen MR) is 73.6 cm³/mol. The summed E-state index contributed by atoms with van der Waals surface area (Å²) in [5.41, 5.74) is -0.298. The third-order valence-electron chi connectivity index (χ3n) is 2.78. The Balaban J connectivity index is 2.22. The first-order valence-corrected chi connectivity index (χ1v) is 6.57. The molecule has 0 fully saturated rings. The van der Waals surface area contributed by atoms with E-state index >= 15 is 0 Å². The molecule has 2 N–H and O–H groups in total. The zero-order valence-electron chi connectivity index (χ0n) is 11.9. The molecule has 114 valence electrons. The molecule has 1 unspecified atom stereocenters. The third kappa shape index (κ3) is 5.92. The molecule has 0 heterocycles. The van der Waals surface area contributed by atoms with Gasteiger partial charge >= 0.3 is 0 Å². The molecule has 0 saturated carbocycles. The lowest BCUT2D eigenvalue weighted by Crippen LogP contribution is -2.27. The molecule has 0 amide bonds. The number of ether oxygens (including phenoxy) is 1. The van der Waals surface area contributed by atoms with Gasteiger partial charge in [0.05, 0.1) is 24.9 Å². The van der Waals surface area contributed by atoms with Gasteiger partial charge in [0.1, 0.15) is 11.6 Å². The van der Waals surface area contributed by atoms with Gasteiger partial charge < -0.3 is 20.1 Å². The Labute approximate surface area is 118 Å². The van der Waals surface area contributed by atoms with E-state index in [0.29, 0.717) is 19.8 Å². The van der Waals surface area contributed by atoms with Gasteiger partial charge in [-0.15, -0.1) is 0 Å². The molecule has 6 heteroatoms. The van der Waals surface area contributed by atoms with Crippen LogP contribution in [0, 0.1) is 11.6 Å². The molecule has 0 aliphatic carbocycles. The van der Waals surface area contributed by atoms with Crippen LogP contribution in [-0.4, -0.2) is 56.9 Å². The molecule has 1 aromatic carbocycles. The Morgan fingerprint density at radius 1 is 1.25 bits per heavy atom. The number of halogens is 2. The van der Waals surface area contributed by atoms with Gasteiger partial charge in [-0.2, -0.15) is 0 Å². The number of hydrogen-bond donors (Lipinski definition) is 2. The first kappa shape index (κ1) is 17.0. The SMILES string of the molecule is CN(C)CCOCCNCC(O)c1c(F)cccc1F. The van der Waals surface area contributed by atoms with Crippen molar-refractivity contribution in [3.63, 3.8) is 0 Å². The average Bonchev–Trinajstić information content (AvgIpc) is 2.37. The zero-order valence-corrected chi connectivity index (χ0v) is 11.9. The number of aliphatic hydroxyl groups excluding tert-OH is 1. The summed E-state index contributed by atoms with van der Waals surface area (Å²) in [7, 11) is 3.92. The zero-order chi connectivity index (χ0) is 15.0. The van der Waals surface area contributed by atoms with Crippen molar-refractivity contribution in [3.05, 3.63) is 35.4 Å². The molecule has 0 saturated heterocycles. The van der Waals surface area contributed by atoms with Gasteiger partial charge in [0.25, 0.3) is 0 Å². The van der Waals surface area contributed by atoms with Crippen LogP contribution in [0.25, 0.3) is 0 Å². The second-order valence-corrected chi connectivity index (χ2v) is 4.77. The number of aliphatic hydroxyl groups is 1. The van der Waals surface area contributed by atoms with Crippen LogP contribution in [0.1, 0.15) is 11.7 Å². The monoisotopic (exact) mass is 288 g/mol. The summed E-state index contributed by atoms with van der Waals surface area (Å²) in [6.45, 7) is 2.54. The fourth-order valence-electron chi connectivity index (χ4n) is 1.66. The van der Waals surface area contributed by atoms with Crippen molar-refractivity contribution in [3.8, 4) is 0 Å². The number of benzene rings is 1. The van der Waals surface area contributed by atoms with Gasteiger partial charge in [0, 0.05) is 19.6 Å². The fraction of sp³-hybridized carbons (Fsp3) is 0.571. The summed E-state index contributed by atoms with van der Waals surface area (Å²) >= 11 is 0. The molecule has 0 radical (unpaired) electrons. The number of nitrogens with zero attached hydrogens (tertiary/aromatic N) is 1. The van der Waals surface area contributed by atoms with Crippen LogP contribution >= 0.6 is 0 Å². The molecule has 0 aliphatic heterocycles. The highest BCUT2D eigenvalue weighted by Crippen LogP contribution is 2.19. The van der Waals surface area contributed by atoms with Gasteiger partial charge in [0.15, 0.2) is 0 Å². The maximum Gasteiger partial charge on any atom is 0.131 e. The van der Waals surface area contributed by atoms with Crippen molar-refractivity contribution >= 4 is 0 Å². The molecule has 1 atom stereocenters. The molecule has 0 aromatic heterocycles. The Kier molecular flexibility index (Phi) is 7.61. The smallest absolute Gasteiger partial charge is 0.131 e. The lowest BCUT2D eigenvalue weighted by molar-refractivity contribution is 0.113. The highest BCUT2D eigenvalue weighted by molar-refractivity contribution is 5.22. The van der Waals surface area contributed by atoms with Crippen molar-refractivity contribution in [2.24, 2.45) is 0 Å². The standard InChI is InChI=1S/C14H22F2N2O2/c1-18(2)7-9-20-8-6-17-10-13(19)14-11(15)4-3-5-12(14)16/h3-5,13,17,19H,6-10H2,1-2H3. The van der Waals surface area contributed by atoms with Gasteiger partial charge in [0.2, 0.25) is 0 Å². The minimum absolute atomic E-state index is 0.0783. The van der Waals surface area contributed by atoms with Crippen LogP contribution in [0.4, 0.5) is 8.78 Å².